The van der Waals surface area contributed by atoms with Crippen molar-refractivity contribution in [2.45, 2.75) is 38.5 Å². The Balaban J connectivity index is 1.96. The highest BCUT2D eigenvalue weighted by Crippen LogP contribution is 2.46. The molecule has 1 heteroatoms. The number of fused-ring (bicyclic) bond motifs is 2. The molecule has 0 N–H and O–H groups in total. The van der Waals surface area contributed by atoms with Gasteiger partial charge in [-0.2, -0.15) is 0 Å². The zero-order valence-electron chi connectivity index (χ0n) is 8.51. The second-order valence-corrected chi connectivity index (χ2v) is 11.3. The van der Waals surface area contributed by atoms with Crippen molar-refractivity contribution in [2.24, 2.45) is 17.8 Å². The van der Waals surface area contributed by atoms with Crippen LogP contribution < -0.4 is 0 Å². The van der Waals surface area contributed by atoms with Crippen LogP contribution in [0.25, 0.3) is 0 Å². The highest BCUT2D eigenvalue weighted by atomic mass is 28.3. The summed E-state index contributed by atoms with van der Waals surface area (Å²) >= 11 is 0. The fraction of sp³-hybridized carbons (Fsp3) is 0.818. The molecule has 2 aliphatic rings. The van der Waals surface area contributed by atoms with Crippen molar-refractivity contribution in [3.05, 3.63) is 12.2 Å². The normalized spacial score (nSPS) is 39.4. The van der Waals surface area contributed by atoms with Gasteiger partial charge in [0.1, 0.15) is 0 Å². The van der Waals surface area contributed by atoms with Crippen LogP contribution >= 0.6 is 0 Å². The lowest BCUT2D eigenvalue weighted by molar-refractivity contribution is 0.487. The van der Waals surface area contributed by atoms with E-state index in [-0.39, 0.29) is 0 Å². The van der Waals surface area contributed by atoms with Gasteiger partial charge in [-0.05, 0) is 30.6 Å². The van der Waals surface area contributed by atoms with Crippen molar-refractivity contribution in [3.63, 3.8) is 0 Å². The van der Waals surface area contributed by atoms with Gasteiger partial charge in [0.2, 0.25) is 0 Å². The quantitative estimate of drug-likeness (QED) is 0.450. The molecule has 0 radical (unpaired) electrons. The zero-order chi connectivity index (χ0) is 8.77. The molecule has 0 aromatic rings. The third-order valence-corrected chi connectivity index (χ3v) is 5.04. The maximum absolute atomic E-state index is 2.50. The van der Waals surface area contributed by atoms with E-state index in [4.69, 9.17) is 0 Å². The van der Waals surface area contributed by atoms with Crippen molar-refractivity contribution < 1.29 is 0 Å². The van der Waals surface area contributed by atoms with E-state index >= 15 is 0 Å². The number of rotatable bonds is 2. The van der Waals surface area contributed by atoms with Gasteiger partial charge in [-0.1, -0.05) is 37.8 Å². The minimum absolute atomic E-state index is 0.794. The Morgan fingerprint density at radius 2 is 1.92 bits per heavy atom. The number of hydrogen-bond acceptors (Lipinski definition) is 0. The van der Waals surface area contributed by atoms with Crippen LogP contribution in [0.2, 0.25) is 25.7 Å². The maximum Gasteiger partial charge on any atom is 0.0445 e. The van der Waals surface area contributed by atoms with Crippen molar-refractivity contribution in [2.75, 3.05) is 0 Å². The molecule has 1 fully saturated rings. The monoisotopic (exact) mass is 180 g/mol. The lowest BCUT2D eigenvalue weighted by Crippen LogP contribution is -2.25. The molecule has 3 atom stereocenters. The molecule has 0 aliphatic heterocycles. The summed E-state index contributed by atoms with van der Waals surface area (Å²) in [5.74, 6) is 3.00. The molecule has 0 spiro atoms. The lowest BCUT2D eigenvalue weighted by atomic mass is 9.96. The van der Waals surface area contributed by atoms with Gasteiger partial charge in [-0.3, -0.25) is 0 Å². The molecule has 0 saturated heterocycles. The van der Waals surface area contributed by atoms with Crippen molar-refractivity contribution in [1.82, 2.24) is 0 Å². The maximum atomic E-state index is 2.50. The fourth-order valence-electron chi connectivity index (χ4n) is 2.92. The molecule has 68 valence electrons. The first-order valence-electron chi connectivity index (χ1n) is 5.23. The Labute approximate surface area is 77.1 Å². The van der Waals surface area contributed by atoms with Gasteiger partial charge in [-0.25, -0.2) is 0 Å². The van der Waals surface area contributed by atoms with Crippen LogP contribution in [-0.4, -0.2) is 8.07 Å². The van der Waals surface area contributed by atoms with Gasteiger partial charge >= 0.3 is 0 Å². The average molecular weight is 180 g/mol. The van der Waals surface area contributed by atoms with Crippen LogP contribution in [0, 0.1) is 17.8 Å². The average Bonchev–Trinajstić information content (AvgIpc) is 2.42. The molecule has 0 nitrogen and oxygen atoms in total. The van der Waals surface area contributed by atoms with E-state index in [0.717, 1.165) is 17.8 Å². The number of allylic oxidation sites excluding steroid dienone is 2. The Bertz CT molecular complexity index is 200. The van der Waals surface area contributed by atoms with Crippen molar-refractivity contribution in [3.8, 4) is 0 Å². The Morgan fingerprint density at radius 1 is 1.17 bits per heavy atom. The summed E-state index contributed by atoms with van der Waals surface area (Å²) in [5.41, 5.74) is 0. The summed E-state index contributed by atoms with van der Waals surface area (Å²) < 4.78 is 0. The van der Waals surface area contributed by atoms with Crippen LogP contribution in [0.15, 0.2) is 12.2 Å². The second-order valence-electron chi connectivity index (χ2n) is 5.81. The molecule has 1 saturated carbocycles. The largest absolute Gasteiger partial charge is 0.0851 e. The molecule has 0 heterocycles. The predicted octanol–water partition coefficient (Wildman–Crippen LogP) is 3.54. The molecule has 2 rings (SSSR count). The predicted molar refractivity (Wildman–Crippen MR) is 57.0 cm³/mol. The molecule has 2 bridgehead atoms. The lowest BCUT2D eigenvalue weighted by Gasteiger charge is -2.25. The first kappa shape index (κ1) is 8.55. The van der Waals surface area contributed by atoms with E-state index in [2.05, 4.69) is 31.8 Å². The van der Waals surface area contributed by atoms with E-state index in [1.54, 1.807) is 6.04 Å². The van der Waals surface area contributed by atoms with E-state index in [1.165, 1.54) is 12.8 Å². The zero-order valence-corrected chi connectivity index (χ0v) is 9.51. The van der Waals surface area contributed by atoms with Crippen LogP contribution in [0.5, 0.6) is 0 Å². The van der Waals surface area contributed by atoms with Gasteiger partial charge in [-0.15, -0.1) is 0 Å². The summed E-state index contributed by atoms with van der Waals surface area (Å²) in [6.07, 6.45) is 7.92. The third-order valence-electron chi connectivity index (χ3n) is 3.29. The van der Waals surface area contributed by atoms with Crippen molar-refractivity contribution >= 4 is 8.07 Å². The summed E-state index contributed by atoms with van der Waals surface area (Å²) in [6.45, 7) is 7.51. The summed E-state index contributed by atoms with van der Waals surface area (Å²) in [4.78, 5) is 0. The van der Waals surface area contributed by atoms with Crippen LogP contribution in [-0.2, 0) is 0 Å². The topological polar surface area (TPSA) is 0 Å². The van der Waals surface area contributed by atoms with Crippen LogP contribution in [0.1, 0.15) is 12.8 Å². The third kappa shape index (κ3) is 1.66. The molecular formula is C11H20Si. The molecule has 0 amide bonds. The van der Waals surface area contributed by atoms with Crippen LogP contribution in [0.3, 0.4) is 0 Å². The smallest absolute Gasteiger partial charge is 0.0445 e. The van der Waals surface area contributed by atoms with Gasteiger partial charge < -0.3 is 0 Å². The summed E-state index contributed by atoms with van der Waals surface area (Å²) in [7, 11) is -0.794. The van der Waals surface area contributed by atoms with Gasteiger partial charge in [0.05, 0.1) is 0 Å². The van der Waals surface area contributed by atoms with Crippen molar-refractivity contribution in [1.29, 1.82) is 0 Å². The van der Waals surface area contributed by atoms with E-state index < -0.39 is 8.07 Å². The SMILES string of the molecule is C[Si](C)(C)CC1CC2C=CC1C2. The van der Waals surface area contributed by atoms with Gasteiger partial charge in [0.15, 0.2) is 0 Å². The summed E-state index contributed by atoms with van der Waals surface area (Å²) in [5, 5.41) is 0. The molecule has 12 heavy (non-hydrogen) atoms. The first-order valence-corrected chi connectivity index (χ1v) is 8.94. The Morgan fingerprint density at radius 3 is 2.33 bits per heavy atom. The van der Waals surface area contributed by atoms with Crippen LogP contribution in [0.4, 0.5) is 0 Å². The van der Waals surface area contributed by atoms with E-state index in [9.17, 15) is 0 Å². The Kier molecular flexibility index (Phi) is 1.94. The second kappa shape index (κ2) is 2.73. The minimum atomic E-state index is -0.794. The standard InChI is InChI=1S/C11H20Si/c1-12(2,3)8-11-7-9-4-5-10(11)6-9/h4-5,9-11H,6-8H2,1-3H3. The van der Waals surface area contributed by atoms with E-state index in [1.807, 2.05) is 0 Å². The highest BCUT2D eigenvalue weighted by molar-refractivity contribution is 6.76. The first-order chi connectivity index (χ1) is 5.54. The molecule has 2 aliphatic carbocycles. The van der Waals surface area contributed by atoms with Gasteiger partial charge in [0, 0.05) is 8.07 Å². The highest BCUT2D eigenvalue weighted by Gasteiger charge is 2.37. The van der Waals surface area contributed by atoms with E-state index in [0.29, 0.717) is 0 Å². The molecule has 3 unspecified atom stereocenters. The molecule has 0 aromatic carbocycles. The van der Waals surface area contributed by atoms with Gasteiger partial charge in [0.25, 0.3) is 0 Å². The number of hydrogen-bond donors (Lipinski definition) is 0. The molecular weight excluding hydrogens is 160 g/mol. The minimum Gasteiger partial charge on any atom is -0.0851 e. The Hall–Kier alpha value is -0.0431. The molecule has 0 aromatic heterocycles. The fourth-order valence-corrected chi connectivity index (χ4v) is 4.96. The summed E-state index contributed by atoms with van der Waals surface area (Å²) in [6, 6.07) is 1.55.